The summed E-state index contributed by atoms with van der Waals surface area (Å²) in [5, 5.41) is 5.39. The number of nitrogens with one attached hydrogen (secondary N) is 2. The van der Waals surface area contributed by atoms with Crippen LogP contribution in [0, 0.1) is 0 Å². The van der Waals surface area contributed by atoms with Crippen LogP contribution in [0.3, 0.4) is 0 Å². The van der Waals surface area contributed by atoms with E-state index in [1.165, 1.54) is 61.4 Å². The smallest absolute Gasteiger partial charge is 0.303 e. The van der Waals surface area contributed by atoms with Crippen LogP contribution in [0.25, 0.3) is 6.08 Å². The number of anilines is 2. The summed E-state index contributed by atoms with van der Waals surface area (Å²) in [6.07, 6.45) is 2.87. The maximum Gasteiger partial charge on any atom is 0.303 e. The summed E-state index contributed by atoms with van der Waals surface area (Å²) in [5.74, 6) is 0.254. The van der Waals surface area contributed by atoms with Gasteiger partial charge in [-0.2, -0.15) is 0 Å². The van der Waals surface area contributed by atoms with E-state index in [1.54, 1.807) is 30.3 Å². The van der Waals surface area contributed by atoms with Crippen molar-refractivity contribution in [2.75, 3.05) is 39.1 Å². The number of methoxy groups -OCH3 is 4. The number of carbonyl (C=O) groups is 3. The van der Waals surface area contributed by atoms with Crippen LogP contribution in [-0.2, 0) is 19.1 Å². The van der Waals surface area contributed by atoms with Crippen molar-refractivity contribution in [2.24, 2.45) is 0 Å². The number of hydrogen-bond acceptors (Lipinski definition) is 8. The van der Waals surface area contributed by atoms with Gasteiger partial charge in [0.15, 0.2) is 5.60 Å². The Kier molecular flexibility index (Phi) is 9.10. The second-order valence-corrected chi connectivity index (χ2v) is 7.74. The van der Waals surface area contributed by atoms with Crippen LogP contribution in [0.2, 0.25) is 0 Å². The molecule has 0 fully saturated rings. The van der Waals surface area contributed by atoms with Gasteiger partial charge in [-0.25, -0.2) is 0 Å². The molecule has 0 aliphatic rings. The van der Waals surface area contributed by atoms with Gasteiger partial charge in [0.05, 0.1) is 39.7 Å². The number of hydrogen-bond donors (Lipinski definition) is 2. The number of rotatable bonds is 10. The lowest BCUT2D eigenvalue weighted by Crippen LogP contribution is -2.41. The zero-order chi connectivity index (χ0) is 26.2. The van der Waals surface area contributed by atoms with Crippen molar-refractivity contribution < 1.29 is 38.1 Å². The minimum absolute atomic E-state index is 0.290. The van der Waals surface area contributed by atoms with Gasteiger partial charge in [-0.3, -0.25) is 14.4 Å². The Bertz CT molecular complexity index is 1100. The average Bonchev–Trinajstić information content (AvgIpc) is 2.81. The van der Waals surface area contributed by atoms with Crippen LogP contribution in [0.4, 0.5) is 11.4 Å². The van der Waals surface area contributed by atoms with E-state index >= 15 is 0 Å². The average molecular weight is 487 g/mol. The minimum atomic E-state index is -1.41. The Hall–Kier alpha value is -4.21. The van der Waals surface area contributed by atoms with Gasteiger partial charge in [0.25, 0.3) is 5.91 Å². The van der Waals surface area contributed by atoms with E-state index in [-0.39, 0.29) is 5.69 Å². The first-order valence-electron chi connectivity index (χ1n) is 10.5. The Morgan fingerprint density at radius 3 is 1.94 bits per heavy atom. The zero-order valence-electron chi connectivity index (χ0n) is 20.8. The fourth-order valence-electron chi connectivity index (χ4n) is 3.10. The number of carbonyl (C=O) groups excluding carboxylic acids is 3. The Morgan fingerprint density at radius 1 is 0.829 bits per heavy atom. The van der Waals surface area contributed by atoms with Crippen molar-refractivity contribution in [3.63, 3.8) is 0 Å². The molecule has 0 aliphatic heterocycles. The standard InChI is InChI=1S/C25H30N2O8/c1-15(28)35-25(2,3)24(30)27-19-12-16(8-10-20(19)32-5)26-23(29)11-9-18-21(33-6)13-17(31-4)14-22(18)34-7/h8-14H,1-7H3,(H,26,29)(H,27,30). The van der Waals surface area contributed by atoms with Crippen molar-refractivity contribution in [3.8, 4) is 23.0 Å². The molecule has 2 amide bonds. The predicted molar refractivity (Wildman–Crippen MR) is 131 cm³/mol. The highest BCUT2D eigenvalue weighted by atomic mass is 16.6. The highest BCUT2D eigenvalue weighted by Crippen LogP contribution is 2.35. The van der Waals surface area contributed by atoms with E-state index in [1.807, 2.05) is 0 Å². The highest BCUT2D eigenvalue weighted by molar-refractivity contribution is 6.04. The lowest BCUT2D eigenvalue weighted by atomic mass is 10.1. The van der Waals surface area contributed by atoms with Crippen molar-refractivity contribution in [2.45, 2.75) is 26.4 Å². The van der Waals surface area contributed by atoms with Gasteiger partial charge >= 0.3 is 5.97 Å². The van der Waals surface area contributed by atoms with E-state index in [0.29, 0.717) is 34.2 Å². The Labute approximate surface area is 204 Å². The molecule has 10 heteroatoms. The summed E-state index contributed by atoms with van der Waals surface area (Å²) in [6, 6.07) is 8.09. The topological polar surface area (TPSA) is 121 Å². The number of benzene rings is 2. The Morgan fingerprint density at radius 2 is 1.43 bits per heavy atom. The summed E-state index contributed by atoms with van der Waals surface area (Å²) in [4.78, 5) is 36.5. The summed E-state index contributed by atoms with van der Waals surface area (Å²) < 4.78 is 26.3. The summed E-state index contributed by atoms with van der Waals surface area (Å²) in [7, 11) is 5.97. The number of amides is 2. The SMILES string of the molecule is COc1cc(OC)c(C=CC(=O)Nc2ccc(OC)c(NC(=O)C(C)(C)OC(C)=O)c2)c(OC)c1. The lowest BCUT2D eigenvalue weighted by molar-refractivity contribution is -0.160. The van der Waals surface area contributed by atoms with Crippen LogP contribution in [0.5, 0.6) is 23.0 Å². The summed E-state index contributed by atoms with van der Waals surface area (Å²) >= 11 is 0. The summed E-state index contributed by atoms with van der Waals surface area (Å²) in [6.45, 7) is 4.15. The van der Waals surface area contributed by atoms with Crippen molar-refractivity contribution in [1.82, 2.24) is 0 Å². The van der Waals surface area contributed by atoms with E-state index in [4.69, 9.17) is 23.7 Å². The molecule has 2 aromatic carbocycles. The normalized spacial score (nSPS) is 10.9. The van der Waals surface area contributed by atoms with E-state index < -0.39 is 23.4 Å². The van der Waals surface area contributed by atoms with Gasteiger partial charge in [0.2, 0.25) is 5.91 Å². The largest absolute Gasteiger partial charge is 0.496 e. The molecule has 10 nitrogen and oxygen atoms in total. The molecule has 0 unspecified atom stereocenters. The van der Waals surface area contributed by atoms with Gasteiger partial charge in [0, 0.05) is 30.8 Å². The molecule has 0 radical (unpaired) electrons. The monoisotopic (exact) mass is 486 g/mol. The fourth-order valence-corrected chi connectivity index (χ4v) is 3.10. The van der Waals surface area contributed by atoms with Crippen LogP contribution < -0.4 is 29.6 Å². The molecular weight excluding hydrogens is 456 g/mol. The van der Waals surface area contributed by atoms with E-state index in [2.05, 4.69) is 10.6 Å². The number of ether oxygens (including phenoxy) is 5. The molecule has 0 saturated heterocycles. The second-order valence-electron chi connectivity index (χ2n) is 7.74. The van der Waals surface area contributed by atoms with Gasteiger partial charge in [-0.15, -0.1) is 0 Å². The molecule has 0 atom stereocenters. The minimum Gasteiger partial charge on any atom is -0.496 e. The molecule has 0 heterocycles. The maximum absolute atomic E-state index is 12.6. The lowest BCUT2D eigenvalue weighted by Gasteiger charge is -2.24. The molecule has 0 aliphatic carbocycles. The van der Waals surface area contributed by atoms with Crippen LogP contribution in [0.1, 0.15) is 26.3 Å². The van der Waals surface area contributed by atoms with Crippen LogP contribution in [0.15, 0.2) is 36.4 Å². The fraction of sp³-hybridized carbons (Fsp3) is 0.320. The first kappa shape index (κ1) is 27.0. The van der Waals surface area contributed by atoms with Gasteiger partial charge < -0.3 is 34.3 Å². The van der Waals surface area contributed by atoms with Gasteiger partial charge in [0.1, 0.15) is 23.0 Å². The molecular formula is C25H30N2O8. The molecule has 0 aromatic heterocycles. The molecule has 0 saturated carbocycles. The predicted octanol–water partition coefficient (Wildman–Crippen LogP) is 3.65. The third kappa shape index (κ3) is 7.13. The highest BCUT2D eigenvalue weighted by Gasteiger charge is 2.31. The first-order chi connectivity index (χ1) is 16.5. The first-order valence-corrected chi connectivity index (χ1v) is 10.5. The second kappa shape index (κ2) is 11.8. The van der Waals surface area contributed by atoms with Crippen molar-refractivity contribution >= 4 is 35.2 Å². The molecule has 35 heavy (non-hydrogen) atoms. The van der Waals surface area contributed by atoms with E-state index in [0.717, 1.165) is 0 Å². The van der Waals surface area contributed by atoms with Crippen molar-refractivity contribution in [1.29, 1.82) is 0 Å². The maximum atomic E-state index is 12.6. The van der Waals surface area contributed by atoms with Gasteiger partial charge in [-0.05, 0) is 38.1 Å². The molecule has 0 spiro atoms. The molecule has 188 valence electrons. The number of esters is 1. The third-order valence-electron chi connectivity index (χ3n) is 4.82. The molecule has 2 rings (SSSR count). The van der Waals surface area contributed by atoms with Gasteiger partial charge in [-0.1, -0.05) is 0 Å². The quantitative estimate of drug-likeness (QED) is 0.386. The van der Waals surface area contributed by atoms with Crippen LogP contribution in [-0.4, -0.2) is 51.8 Å². The van der Waals surface area contributed by atoms with Crippen molar-refractivity contribution in [3.05, 3.63) is 42.0 Å². The summed E-state index contributed by atoms with van der Waals surface area (Å²) in [5.41, 5.74) is -0.163. The third-order valence-corrected chi connectivity index (χ3v) is 4.82. The molecule has 2 N–H and O–H groups in total. The molecule has 2 aromatic rings. The van der Waals surface area contributed by atoms with Crippen LogP contribution >= 0.6 is 0 Å². The molecule has 0 bridgehead atoms. The Balaban J connectivity index is 2.24. The van der Waals surface area contributed by atoms with E-state index in [9.17, 15) is 14.4 Å². The zero-order valence-corrected chi connectivity index (χ0v) is 20.8.